The summed E-state index contributed by atoms with van der Waals surface area (Å²) in [5, 5.41) is 15.5. The molecule has 3 heterocycles. The molecule has 9 nitrogen and oxygen atoms in total. The van der Waals surface area contributed by atoms with Gasteiger partial charge in [-0.1, -0.05) is 19.3 Å². The molecule has 37 heavy (non-hydrogen) atoms. The molecule has 4 fully saturated rings. The van der Waals surface area contributed by atoms with Crippen molar-refractivity contribution in [3.05, 3.63) is 24.3 Å². The molecule has 0 aromatic heterocycles. The molecular weight excluding hydrogens is 474 g/mol. The third kappa shape index (κ3) is 4.83. The molecule has 3 saturated heterocycles. The first kappa shape index (κ1) is 26.0. The molecule has 202 valence electrons. The molecule has 4 aliphatic rings. The minimum atomic E-state index is -0.986. The van der Waals surface area contributed by atoms with Gasteiger partial charge in [-0.15, -0.1) is 0 Å². The smallest absolute Gasteiger partial charge is 0.246 e. The number of hydrogen-bond donors (Lipinski definition) is 3. The molecule has 9 heteroatoms. The van der Waals surface area contributed by atoms with E-state index >= 15 is 0 Å². The van der Waals surface area contributed by atoms with Crippen LogP contribution in [0, 0.1) is 11.8 Å². The van der Waals surface area contributed by atoms with Gasteiger partial charge in [-0.25, -0.2) is 0 Å². The largest absolute Gasteiger partial charge is 0.494 e. The number of amides is 3. The normalized spacial score (nSPS) is 30.9. The molecule has 0 radical (unpaired) electrons. The van der Waals surface area contributed by atoms with Crippen molar-refractivity contribution >= 4 is 23.4 Å². The van der Waals surface area contributed by atoms with Crippen molar-refractivity contribution in [2.24, 2.45) is 11.8 Å². The first-order chi connectivity index (χ1) is 18.0. The van der Waals surface area contributed by atoms with Gasteiger partial charge in [-0.05, 0) is 69.7 Å². The maximum Gasteiger partial charge on any atom is 0.246 e. The number of anilines is 1. The number of fused-ring (bicyclic) bond motifs is 1. The van der Waals surface area contributed by atoms with Gasteiger partial charge in [0.2, 0.25) is 17.7 Å². The molecule has 1 spiro atoms. The molecule has 1 aliphatic carbocycles. The van der Waals surface area contributed by atoms with Crippen LogP contribution in [0.3, 0.4) is 0 Å². The summed E-state index contributed by atoms with van der Waals surface area (Å²) in [7, 11) is 0. The Labute approximate surface area is 218 Å². The standard InChI is InChI=1S/C28H39N3O6/c1-2-36-20-12-10-19(11-13-20)29-25(33)22-21-14-15-28(37-21)23(22)27(35)31(16-6-7-17-32)24(28)26(34)30-18-8-4-3-5-9-18/h10-13,18,21-24,32H,2-9,14-17H2,1H3,(H,29,33)(H,30,34)/t21-,22+,23+,24?,28?/m1/s1. The fraction of sp³-hybridized carbons (Fsp3) is 0.679. The Hall–Kier alpha value is -2.65. The third-order valence-corrected chi connectivity index (χ3v) is 8.54. The van der Waals surface area contributed by atoms with E-state index in [0.29, 0.717) is 44.5 Å². The second-order valence-corrected chi connectivity index (χ2v) is 10.8. The Kier molecular flexibility index (Phi) is 7.72. The molecule has 2 bridgehead atoms. The molecule has 3 aliphatic heterocycles. The highest BCUT2D eigenvalue weighted by molar-refractivity contribution is 6.02. The van der Waals surface area contributed by atoms with Crippen LogP contribution >= 0.6 is 0 Å². The molecule has 1 saturated carbocycles. The molecule has 5 rings (SSSR count). The van der Waals surface area contributed by atoms with Crippen LogP contribution in [0.1, 0.15) is 64.7 Å². The molecule has 1 aromatic rings. The quantitative estimate of drug-likeness (QED) is 0.414. The van der Waals surface area contributed by atoms with Gasteiger partial charge in [0.1, 0.15) is 17.4 Å². The van der Waals surface area contributed by atoms with Crippen LogP contribution in [0.4, 0.5) is 5.69 Å². The van der Waals surface area contributed by atoms with Gasteiger partial charge in [0.15, 0.2) is 0 Å². The molecular formula is C28H39N3O6. The Morgan fingerprint density at radius 1 is 1.11 bits per heavy atom. The third-order valence-electron chi connectivity index (χ3n) is 8.54. The zero-order chi connectivity index (χ0) is 26.0. The van der Waals surface area contributed by atoms with Crippen molar-refractivity contribution in [1.29, 1.82) is 0 Å². The van der Waals surface area contributed by atoms with Crippen molar-refractivity contribution in [2.75, 3.05) is 25.1 Å². The van der Waals surface area contributed by atoms with Crippen LogP contribution in [0.5, 0.6) is 5.75 Å². The average Bonchev–Trinajstić information content (AvgIpc) is 3.54. The van der Waals surface area contributed by atoms with Gasteiger partial charge in [-0.2, -0.15) is 0 Å². The first-order valence-corrected chi connectivity index (χ1v) is 13.9. The van der Waals surface area contributed by atoms with Crippen molar-refractivity contribution in [3.63, 3.8) is 0 Å². The monoisotopic (exact) mass is 513 g/mol. The van der Waals surface area contributed by atoms with Crippen molar-refractivity contribution in [1.82, 2.24) is 10.2 Å². The summed E-state index contributed by atoms with van der Waals surface area (Å²) in [6, 6.07) is 6.53. The Morgan fingerprint density at radius 2 is 1.86 bits per heavy atom. The number of hydrogen-bond acceptors (Lipinski definition) is 6. The number of likely N-dealkylation sites (tertiary alicyclic amines) is 1. The van der Waals surface area contributed by atoms with E-state index in [0.717, 1.165) is 31.4 Å². The number of carbonyl (C=O) groups excluding carboxylic acids is 3. The van der Waals surface area contributed by atoms with Gasteiger partial charge < -0.3 is 30.1 Å². The predicted octanol–water partition coefficient (Wildman–Crippen LogP) is 2.62. The molecule has 1 aromatic carbocycles. The Bertz CT molecular complexity index is 994. The number of unbranched alkanes of at least 4 members (excludes halogenated alkanes) is 1. The molecule has 3 amide bonds. The fourth-order valence-corrected chi connectivity index (χ4v) is 6.94. The van der Waals surface area contributed by atoms with Gasteiger partial charge in [0.25, 0.3) is 0 Å². The summed E-state index contributed by atoms with van der Waals surface area (Å²) < 4.78 is 12.0. The van der Waals surface area contributed by atoms with Crippen LogP contribution in [-0.4, -0.2) is 71.3 Å². The van der Waals surface area contributed by atoms with Crippen LogP contribution in [0.25, 0.3) is 0 Å². The number of rotatable bonds is 10. The number of aliphatic hydroxyl groups is 1. The summed E-state index contributed by atoms with van der Waals surface area (Å²) >= 11 is 0. The van der Waals surface area contributed by atoms with E-state index in [1.807, 2.05) is 6.92 Å². The lowest BCUT2D eigenvalue weighted by Crippen LogP contribution is -2.57. The zero-order valence-corrected chi connectivity index (χ0v) is 21.6. The average molecular weight is 514 g/mol. The Morgan fingerprint density at radius 3 is 2.57 bits per heavy atom. The van der Waals surface area contributed by atoms with Crippen molar-refractivity contribution in [3.8, 4) is 5.75 Å². The van der Waals surface area contributed by atoms with Crippen molar-refractivity contribution in [2.45, 2.75) is 88.5 Å². The minimum Gasteiger partial charge on any atom is -0.494 e. The van der Waals surface area contributed by atoms with Gasteiger partial charge in [0.05, 0.1) is 24.5 Å². The maximum absolute atomic E-state index is 13.9. The number of nitrogens with zero attached hydrogens (tertiary/aromatic N) is 1. The first-order valence-electron chi connectivity index (χ1n) is 13.9. The fourth-order valence-electron chi connectivity index (χ4n) is 6.94. The number of nitrogens with one attached hydrogen (secondary N) is 2. The zero-order valence-electron chi connectivity index (χ0n) is 21.6. The predicted molar refractivity (Wildman–Crippen MR) is 137 cm³/mol. The SMILES string of the molecule is CCOc1ccc(NC(=O)[C@@H]2[C@H]3C(=O)N(CCCCO)C(C(=O)NC4CCCCC4)C34CC[C@H]2O4)cc1. The second-order valence-electron chi connectivity index (χ2n) is 10.8. The van der Waals surface area contributed by atoms with Gasteiger partial charge in [0, 0.05) is 24.9 Å². The van der Waals surface area contributed by atoms with Crippen LogP contribution in [0.2, 0.25) is 0 Å². The second kappa shape index (κ2) is 11.0. The summed E-state index contributed by atoms with van der Waals surface area (Å²) in [6.45, 7) is 2.86. The molecule has 3 N–H and O–H groups in total. The summed E-state index contributed by atoms with van der Waals surface area (Å²) in [4.78, 5) is 42.8. The lowest BCUT2D eigenvalue weighted by atomic mass is 9.70. The van der Waals surface area contributed by atoms with Gasteiger partial charge >= 0.3 is 0 Å². The summed E-state index contributed by atoms with van der Waals surface area (Å²) in [6.07, 6.45) is 7.24. The van der Waals surface area contributed by atoms with Crippen LogP contribution in [-0.2, 0) is 19.1 Å². The van der Waals surface area contributed by atoms with Gasteiger partial charge in [-0.3, -0.25) is 14.4 Å². The lowest BCUT2D eigenvalue weighted by Gasteiger charge is -2.35. The van der Waals surface area contributed by atoms with E-state index in [1.54, 1.807) is 29.2 Å². The maximum atomic E-state index is 13.9. The highest BCUT2D eigenvalue weighted by Gasteiger charge is 2.74. The van der Waals surface area contributed by atoms with E-state index in [-0.39, 0.29) is 36.5 Å². The van der Waals surface area contributed by atoms with E-state index in [2.05, 4.69) is 10.6 Å². The van der Waals surface area contributed by atoms with E-state index in [1.165, 1.54) is 6.42 Å². The number of benzene rings is 1. The summed E-state index contributed by atoms with van der Waals surface area (Å²) in [5.74, 6) is -1.22. The molecule has 5 atom stereocenters. The van der Waals surface area contributed by atoms with Crippen molar-refractivity contribution < 1.29 is 29.0 Å². The topological polar surface area (TPSA) is 117 Å². The number of ether oxygens (including phenoxy) is 2. The highest BCUT2D eigenvalue weighted by Crippen LogP contribution is 2.58. The van der Waals surface area contributed by atoms with Crippen LogP contribution < -0.4 is 15.4 Å². The number of aliphatic hydroxyl groups excluding tert-OH is 1. The van der Waals surface area contributed by atoms with Crippen LogP contribution in [0.15, 0.2) is 24.3 Å². The molecule has 2 unspecified atom stereocenters. The van der Waals surface area contributed by atoms with E-state index in [9.17, 15) is 19.5 Å². The minimum absolute atomic E-state index is 0.0290. The van der Waals surface area contributed by atoms with E-state index < -0.39 is 23.5 Å². The Balaban J connectivity index is 1.37. The summed E-state index contributed by atoms with van der Waals surface area (Å²) in [5.41, 5.74) is -0.359. The number of carbonyl (C=O) groups is 3. The lowest BCUT2D eigenvalue weighted by molar-refractivity contribution is -0.142. The highest BCUT2D eigenvalue weighted by atomic mass is 16.5. The van der Waals surface area contributed by atoms with E-state index in [4.69, 9.17) is 9.47 Å².